The molecular formula is C20H29F3N4O3. The number of aromatic nitrogens is 2. The monoisotopic (exact) mass is 430 g/mol. The zero-order valence-corrected chi connectivity index (χ0v) is 17.3. The van der Waals surface area contributed by atoms with Gasteiger partial charge in [-0.2, -0.15) is 13.2 Å². The van der Waals surface area contributed by atoms with E-state index in [9.17, 15) is 13.2 Å². The van der Waals surface area contributed by atoms with E-state index >= 15 is 0 Å². The highest BCUT2D eigenvalue weighted by Crippen LogP contribution is 2.42. The summed E-state index contributed by atoms with van der Waals surface area (Å²) >= 11 is 0. The fourth-order valence-corrected chi connectivity index (χ4v) is 4.65. The van der Waals surface area contributed by atoms with E-state index in [1.165, 1.54) is 38.6 Å². The van der Waals surface area contributed by atoms with Gasteiger partial charge in [-0.15, -0.1) is 0 Å². The standard InChI is InChI=1S/C18H28N4O.C2HF3O2/c1-21(15-6-7-15)9-13-4-3-5-14-10-22(11-16(13)14)17-8-18(23-2)20-12-19-17;3-2(4,5)1(6)7/h8,12-16H,3-7,9-11H2,1-2H3;(H,6,7)/t13-,14+,16+;/m0./s1. The number of methoxy groups -OCH3 is 1. The molecule has 4 rings (SSSR count). The van der Waals surface area contributed by atoms with Crippen molar-refractivity contribution in [3.63, 3.8) is 0 Å². The maximum absolute atomic E-state index is 10.6. The lowest BCUT2D eigenvalue weighted by Crippen LogP contribution is -2.36. The van der Waals surface area contributed by atoms with E-state index < -0.39 is 12.1 Å². The van der Waals surface area contributed by atoms with Gasteiger partial charge in [0, 0.05) is 31.7 Å². The highest BCUT2D eigenvalue weighted by Gasteiger charge is 2.42. The molecule has 0 aromatic carbocycles. The lowest BCUT2D eigenvalue weighted by atomic mass is 9.73. The van der Waals surface area contributed by atoms with Crippen molar-refractivity contribution in [3.05, 3.63) is 12.4 Å². The van der Waals surface area contributed by atoms with Crippen molar-refractivity contribution < 1.29 is 27.8 Å². The van der Waals surface area contributed by atoms with E-state index in [0.717, 1.165) is 42.7 Å². The highest BCUT2D eigenvalue weighted by atomic mass is 19.4. The Bertz CT molecular complexity index is 729. The van der Waals surface area contributed by atoms with Gasteiger partial charge in [0.1, 0.15) is 12.1 Å². The fraction of sp³-hybridized carbons (Fsp3) is 0.750. The van der Waals surface area contributed by atoms with Crippen LogP contribution in [0.2, 0.25) is 0 Å². The third-order valence-electron chi connectivity index (χ3n) is 6.34. The number of aliphatic carboxylic acids is 1. The topological polar surface area (TPSA) is 78.8 Å². The van der Waals surface area contributed by atoms with Crippen LogP contribution in [0.5, 0.6) is 5.88 Å². The normalized spacial score (nSPS) is 26.1. The summed E-state index contributed by atoms with van der Waals surface area (Å²) in [6.07, 6.45) is 3.53. The smallest absolute Gasteiger partial charge is 0.481 e. The number of fused-ring (bicyclic) bond motifs is 1. The second-order valence-electron chi connectivity index (χ2n) is 8.41. The van der Waals surface area contributed by atoms with Gasteiger partial charge in [-0.1, -0.05) is 6.42 Å². The predicted octanol–water partition coefficient (Wildman–Crippen LogP) is 3.07. The SMILES string of the molecule is COc1cc(N2C[C@H]3CCC[C@@H](CN(C)C4CC4)[C@H]3C2)ncn1.O=C(O)C(F)(F)F. The lowest BCUT2D eigenvalue weighted by Gasteiger charge is -2.35. The van der Waals surface area contributed by atoms with Gasteiger partial charge in [0.25, 0.3) is 0 Å². The molecule has 1 aliphatic heterocycles. The van der Waals surface area contributed by atoms with Crippen molar-refractivity contribution in [2.24, 2.45) is 17.8 Å². The molecule has 0 radical (unpaired) electrons. The average molecular weight is 430 g/mol. The van der Waals surface area contributed by atoms with E-state index in [-0.39, 0.29) is 0 Å². The Kier molecular flexibility index (Phi) is 7.05. The zero-order valence-electron chi connectivity index (χ0n) is 17.3. The molecule has 1 N–H and O–H groups in total. The van der Waals surface area contributed by atoms with Gasteiger partial charge in [-0.25, -0.2) is 14.8 Å². The fourth-order valence-electron chi connectivity index (χ4n) is 4.65. The molecule has 1 aromatic rings. The molecule has 3 atom stereocenters. The number of nitrogens with zero attached hydrogens (tertiary/aromatic N) is 4. The van der Waals surface area contributed by atoms with E-state index in [2.05, 4.69) is 26.8 Å². The van der Waals surface area contributed by atoms with Gasteiger partial charge in [-0.05, 0) is 50.5 Å². The van der Waals surface area contributed by atoms with Crippen LogP contribution in [0.15, 0.2) is 12.4 Å². The number of carboxylic acids is 1. The first-order chi connectivity index (χ1) is 14.2. The van der Waals surface area contributed by atoms with Crippen LogP contribution in [0.3, 0.4) is 0 Å². The zero-order chi connectivity index (χ0) is 21.9. The molecule has 1 saturated heterocycles. The minimum absolute atomic E-state index is 0.662. The third-order valence-corrected chi connectivity index (χ3v) is 6.34. The average Bonchev–Trinajstić information content (AvgIpc) is 3.46. The van der Waals surface area contributed by atoms with Crippen molar-refractivity contribution in [1.82, 2.24) is 14.9 Å². The van der Waals surface area contributed by atoms with Crippen molar-refractivity contribution >= 4 is 11.8 Å². The number of carboxylic acid groups (broad SMARTS) is 1. The molecule has 2 heterocycles. The summed E-state index contributed by atoms with van der Waals surface area (Å²) < 4.78 is 37.0. The molecule has 2 saturated carbocycles. The van der Waals surface area contributed by atoms with Gasteiger partial charge in [0.15, 0.2) is 0 Å². The number of anilines is 1. The Morgan fingerprint density at radius 3 is 2.57 bits per heavy atom. The predicted molar refractivity (Wildman–Crippen MR) is 104 cm³/mol. The van der Waals surface area contributed by atoms with Crippen molar-refractivity contribution in [2.75, 3.05) is 38.7 Å². The highest BCUT2D eigenvalue weighted by molar-refractivity contribution is 5.73. The third kappa shape index (κ3) is 5.74. The first-order valence-corrected chi connectivity index (χ1v) is 10.3. The van der Waals surface area contributed by atoms with Crippen LogP contribution in [0.1, 0.15) is 32.1 Å². The Hall–Kier alpha value is -2.10. The molecule has 0 bridgehead atoms. The summed E-state index contributed by atoms with van der Waals surface area (Å²) in [5.41, 5.74) is 0. The summed E-state index contributed by atoms with van der Waals surface area (Å²) in [7, 11) is 3.99. The van der Waals surface area contributed by atoms with E-state index in [0.29, 0.717) is 5.88 Å². The summed E-state index contributed by atoms with van der Waals surface area (Å²) in [6.45, 7) is 3.58. The van der Waals surface area contributed by atoms with Crippen molar-refractivity contribution in [1.29, 1.82) is 0 Å². The molecule has 0 spiro atoms. The van der Waals surface area contributed by atoms with Crippen LogP contribution in [0.4, 0.5) is 19.0 Å². The minimum Gasteiger partial charge on any atom is -0.481 e. The molecule has 3 fully saturated rings. The number of carbonyl (C=O) groups is 1. The van der Waals surface area contributed by atoms with Crippen LogP contribution < -0.4 is 9.64 Å². The number of hydrogen-bond donors (Lipinski definition) is 1. The molecule has 7 nitrogen and oxygen atoms in total. The maximum Gasteiger partial charge on any atom is 0.490 e. The summed E-state index contributed by atoms with van der Waals surface area (Å²) in [6, 6.07) is 2.85. The maximum atomic E-state index is 10.6. The summed E-state index contributed by atoms with van der Waals surface area (Å²) in [5, 5.41) is 7.12. The molecule has 3 aliphatic rings. The molecule has 2 aliphatic carbocycles. The Morgan fingerprint density at radius 2 is 1.97 bits per heavy atom. The Morgan fingerprint density at radius 1 is 1.27 bits per heavy atom. The Balaban J connectivity index is 0.000000318. The van der Waals surface area contributed by atoms with Crippen molar-refractivity contribution in [3.8, 4) is 5.88 Å². The van der Waals surface area contributed by atoms with Gasteiger partial charge in [-0.3, -0.25) is 0 Å². The number of rotatable bonds is 5. The Labute approximate surface area is 174 Å². The van der Waals surface area contributed by atoms with Crippen LogP contribution in [0, 0.1) is 17.8 Å². The second kappa shape index (κ2) is 9.36. The van der Waals surface area contributed by atoms with Gasteiger partial charge in [0.05, 0.1) is 7.11 Å². The van der Waals surface area contributed by atoms with Crippen LogP contribution in [-0.2, 0) is 4.79 Å². The quantitative estimate of drug-likeness (QED) is 0.769. The number of hydrogen-bond acceptors (Lipinski definition) is 6. The molecule has 10 heteroatoms. The number of halogens is 3. The van der Waals surface area contributed by atoms with E-state index in [4.69, 9.17) is 14.6 Å². The molecule has 0 amide bonds. The van der Waals surface area contributed by atoms with Crippen LogP contribution in [0.25, 0.3) is 0 Å². The molecular weight excluding hydrogens is 401 g/mol. The number of ether oxygens (including phenoxy) is 1. The molecule has 168 valence electrons. The second-order valence-corrected chi connectivity index (χ2v) is 8.41. The molecule has 0 unspecified atom stereocenters. The van der Waals surface area contributed by atoms with Gasteiger partial charge < -0.3 is 19.6 Å². The first-order valence-electron chi connectivity index (χ1n) is 10.3. The lowest BCUT2D eigenvalue weighted by molar-refractivity contribution is -0.192. The van der Waals surface area contributed by atoms with Crippen molar-refractivity contribution in [2.45, 2.75) is 44.3 Å². The van der Waals surface area contributed by atoms with Gasteiger partial charge >= 0.3 is 12.1 Å². The largest absolute Gasteiger partial charge is 0.490 e. The summed E-state index contributed by atoms with van der Waals surface area (Å²) in [5.74, 6) is 1.45. The van der Waals surface area contributed by atoms with E-state index in [1.54, 1.807) is 13.4 Å². The number of alkyl halides is 3. The molecule has 30 heavy (non-hydrogen) atoms. The first kappa shape index (κ1) is 22.6. The minimum atomic E-state index is -5.08. The van der Waals surface area contributed by atoms with Crippen LogP contribution >= 0.6 is 0 Å². The van der Waals surface area contributed by atoms with Crippen LogP contribution in [-0.4, -0.2) is 72.0 Å². The van der Waals surface area contributed by atoms with E-state index in [1.807, 2.05) is 6.07 Å². The summed E-state index contributed by atoms with van der Waals surface area (Å²) in [4.78, 5) is 22.6. The molecule has 1 aromatic heterocycles. The van der Waals surface area contributed by atoms with Gasteiger partial charge in [0.2, 0.25) is 5.88 Å².